The molecule has 2 aromatic heterocycles. The summed E-state index contributed by atoms with van der Waals surface area (Å²) in [5, 5.41) is 9.38. The predicted molar refractivity (Wildman–Crippen MR) is 75.0 cm³/mol. The Kier molecular flexibility index (Phi) is 2.83. The van der Waals surface area contributed by atoms with Crippen LogP contribution in [0.15, 0.2) is 30.5 Å². The van der Waals surface area contributed by atoms with Gasteiger partial charge in [-0.05, 0) is 18.6 Å². The molecular weight excluding hydrogens is 262 g/mol. The van der Waals surface area contributed by atoms with Crippen molar-refractivity contribution in [3.8, 4) is 0 Å². The zero-order chi connectivity index (χ0) is 13.4. The number of fused-ring (bicyclic) bond motifs is 1. The summed E-state index contributed by atoms with van der Waals surface area (Å²) >= 11 is 6.37. The number of anilines is 1. The van der Waals surface area contributed by atoms with Crippen molar-refractivity contribution in [2.24, 2.45) is 0 Å². The summed E-state index contributed by atoms with van der Waals surface area (Å²) in [5.41, 5.74) is 8.26. The van der Waals surface area contributed by atoms with E-state index in [0.29, 0.717) is 17.4 Å². The van der Waals surface area contributed by atoms with Crippen molar-refractivity contribution in [2.75, 3.05) is 5.73 Å². The SMILES string of the molecule is Cc1c(Cl)c(Cn2cc(N)nn2)nc2ccccc12. The second-order valence-electron chi connectivity index (χ2n) is 4.36. The number of nitrogen functional groups attached to an aromatic ring is 1. The normalized spacial score (nSPS) is 11.1. The highest BCUT2D eigenvalue weighted by atomic mass is 35.5. The summed E-state index contributed by atoms with van der Waals surface area (Å²) in [4.78, 5) is 4.58. The van der Waals surface area contributed by atoms with Crippen molar-refractivity contribution >= 4 is 28.3 Å². The minimum atomic E-state index is 0.383. The highest BCUT2D eigenvalue weighted by molar-refractivity contribution is 6.32. The number of pyridine rings is 1. The maximum absolute atomic E-state index is 6.37. The van der Waals surface area contributed by atoms with Gasteiger partial charge in [0.1, 0.15) is 0 Å². The topological polar surface area (TPSA) is 69.6 Å². The second-order valence-corrected chi connectivity index (χ2v) is 4.73. The smallest absolute Gasteiger partial charge is 0.165 e. The van der Waals surface area contributed by atoms with Crippen LogP contribution < -0.4 is 5.73 Å². The third-order valence-electron chi connectivity index (χ3n) is 3.01. The number of para-hydroxylation sites is 1. The first-order valence-corrected chi connectivity index (χ1v) is 6.22. The molecule has 0 spiro atoms. The molecule has 0 saturated carbocycles. The molecule has 0 aliphatic carbocycles. The Bertz CT molecular complexity index is 750. The molecule has 0 aliphatic heterocycles. The van der Waals surface area contributed by atoms with Gasteiger partial charge in [0.05, 0.1) is 29.0 Å². The van der Waals surface area contributed by atoms with Gasteiger partial charge >= 0.3 is 0 Å². The molecule has 0 saturated heterocycles. The van der Waals surface area contributed by atoms with Gasteiger partial charge in [0.2, 0.25) is 0 Å². The number of hydrogen-bond donors (Lipinski definition) is 1. The molecule has 96 valence electrons. The third-order valence-corrected chi connectivity index (χ3v) is 3.52. The van der Waals surface area contributed by atoms with Crippen molar-refractivity contribution in [3.63, 3.8) is 0 Å². The van der Waals surface area contributed by atoms with Gasteiger partial charge in [0.25, 0.3) is 0 Å². The van der Waals surface area contributed by atoms with Crippen LogP contribution in [0.5, 0.6) is 0 Å². The fourth-order valence-corrected chi connectivity index (χ4v) is 2.27. The number of aryl methyl sites for hydroxylation is 1. The predicted octanol–water partition coefficient (Wildman–Crippen LogP) is 2.42. The Morgan fingerprint density at radius 2 is 2.11 bits per heavy atom. The van der Waals surface area contributed by atoms with Crippen LogP contribution in [0.25, 0.3) is 10.9 Å². The molecule has 5 nitrogen and oxygen atoms in total. The Morgan fingerprint density at radius 1 is 1.32 bits per heavy atom. The van der Waals surface area contributed by atoms with Crippen LogP contribution >= 0.6 is 11.6 Å². The summed E-state index contributed by atoms with van der Waals surface area (Å²) in [5.74, 6) is 0.383. The summed E-state index contributed by atoms with van der Waals surface area (Å²) in [6, 6.07) is 7.92. The largest absolute Gasteiger partial charge is 0.381 e. The number of benzene rings is 1. The molecule has 0 bridgehead atoms. The highest BCUT2D eigenvalue weighted by Gasteiger charge is 2.11. The van der Waals surface area contributed by atoms with E-state index in [4.69, 9.17) is 17.3 Å². The highest BCUT2D eigenvalue weighted by Crippen LogP contribution is 2.27. The molecule has 3 rings (SSSR count). The van der Waals surface area contributed by atoms with Gasteiger partial charge in [-0.25, -0.2) is 9.67 Å². The van der Waals surface area contributed by atoms with Crippen molar-refractivity contribution in [1.82, 2.24) is 20.0 Å². The lowest BCUT2D eigenvalue weighted by Crippen LogP contribution is -2.05. The summed E-state index contributed by atoms with van der Waals surface area (Å²) < 4.78 is 1.62. The monoisotopic (exact) mass is 273 g/mol. The molecular formula is C13H12ClN5. The third kappa shape index (κ3) is 2.13. The second kappa shape index (κ2) is 4.51. The van der Waals surface area contributed by atoms with E-state index in [-0.39, 0.29) is 0 Å². The van der Waals surface area contributed by atoms with Gasteiger partial charge in [-0.2, -0.15) is 0 Å². The Morgan fingerprint density at radius 3 is 2.84 bits per heavy atom. The molecule has 0 unspecified atom stereocenters. The molecule has 2 N–H and O–H groups in total. The number of aromatic nitrogens is 4. The average Bonchev–Trinajstić information content (AvgIpc) is 2.81. The van der Waals surface area contributed by atoms with E-state index in [1.165, 1.54) is 0 Å². The van der Waals surface area contributed by atoms with E-state index in [2.05, 4.69) is 15.3 Å². The Hall–Kier alpha value is -2.14. The molecule has 0 radical (unpaired) electrons. The molecule has 0 amide bonds. The molecule has 0 atom stereocenters. The molecule has 2 heterocycles. The first kappa shape index (κ1) is 11.9. The summed E-state index contributed by atoms with van der Waals surface area (Å²) in [7, 11) is 0. The van der Waals surface area contributed by atoms with Gasteiger partial charge in [-0.1, -0.05) is 35.0 Å². The number of halogens is 1. The van der Waals surface area contributed by atoms with Crippen LogP contribution in [-0.4, -0.2) is 20.0 Å². The van der Waals surface area contributed by atoms with E-state index in [1.807, 2.05) is 31.2 Å². The number of nitrogens with zero attached hydrogens (tertiary/aromatic N) is 4. The molecule has 0 fully saturated rings. The molecule has 0 aliphatic rings. The van der Waals surface area contributed by atoms with Crippen LogP contribution in [-0.2, 0) is 6.54 Å². The summed E-state index contributed by atoms with van der Waals surface area (Å²) in [6.45, 7) is 2.44. The van der Waals surface area contributed by atoms with Gasteiger partial charge in [-0.15, -0.1) is 5.10 Å². The molecule has 6 heteroatoms. The van der Waals surface area contributed by atoms with Crippen LogP contribution in [0, 0.1) is 6.92 Å². The number of hydrogen-bond acceptors (Lipinski definition) is 4. The first-order valence-electron chi connectivity index (χ1n) is 5.84. The fraction of sp³-hybridized carbons (Fsp3) is 0.154. The van der Waals surface area contributed by atoms with Crippen molar-refractivity contribution < 1.29 is 0 Å². The van der Waals surface area contributed by atoms with Crippen LogP contribution in [0.4, 0.5) is 5.82 Å². The zero-order valence-electron chi connectivity index (χ0n) is 10.3. The van der Waals surface area contributed by atoms with Gasteiger partial charge in [0.15, 0.2) is 5.82 Å². The van der Waals surface area contributed by atoms with Gasteiger partial charge < -0.3 is 5.73 Å². The standard InChI is InChI=1S/C13H12ClN5/c1-8-9-4-2-3-5-10(9)16-11(13(8)14)6-19-7-12(15)17-18-19/h2-5,7H,6,15H2,1H3. The van der Waals surface area contributed by atoms with E-state index in [9.17, 15) is 0 Å². The van der Waals surface area contributed by atoms with Crippen LogP contribution in [0.1, 0.15) is 11.3 Å². The summed E-state index contributed by atoms with van der Waals surface area (Å²) in [6.07, 6.45) is 1.66. The zero-order valence-corrected chi connectivity index (χ0v) is 11.1. The minimum absolute atomic E-state index is 0.383. The van der Waals surface area contributed by atoms with Gasteiger partial charge in [0, 0.05) is 5.39 Å². The van der Waals surface area contributed by atoms with Crippen molar-refractivity contribution in [3.05, 3.63) is 46.7 Å². The molecule has 19 heavy (non-hydrogen) atoms. The maximum atomic E-state index is 6.37. The van der Waals surface area contributed by atoms with Gasteiger partial charge in [-0.3, -0.25) is 0 Å². The van der Waals surface area contributed by atoms with Crippen molar-refractivity contribution in [2.45, 2.75) is 13.5 Å². The Balaban J connectivity index is 2.11. The quantitative estimate of drug-likeness (QED) is 0.778. The van der Waals surface area contributed by atoms with E-state index in [0.717, 1.165) is 22.2 Å². The van der Waals surface area contributed by atoms with E-state index < -0.39 is 0 Å². The minimum Gasteiger partial charge on any atom is -0.381 e. The fourth-order valence-electron chi connectivity index (χ4n) is 2.07. The molecule has 1 aromatic carbocycles. The van der Waals surface area contributed by atoms with Crippen LogP contribution in [0.2, 0.25) is 5.02 Å². The maximum Gasteiger partial charge on any atom is 0.165 e. The number of rotatable bonds is 2. The van der Waals surface area contributed by atoms with E-state index in [1.54, 1.807) is 10.9 Å². The lowest BCUT2D eigenvalue weighted by Gasteiger charge is -2.09. The van der Waals surface area contributed by atoms with Crippen LogP contribution in [0.3, 0.4) is 0 Å². The Labute approximate surface area is 115 Å². The van der Waals surface area contributed by atoms with E-state index >= 15 is 0 Å². The first-order chi connectivity index (χ1) is 9.15. The number of nitrogens with two attached hydrogens (primary N) is 1. The van der Waals surface area contributed by atoms with Crippen molar-refractivity contribution in [1.29, 1.82) is 0 Å². The lowest BCUT2D eigenvalue weighted by atomic mass is 10.1. The lowest BCUT2D eigenvalue weighted by molar-refractivity contribution is 0.640. The average molecular weight is 274 g/mol. The molecule has 3 aromatic rings.